The summed E-state index contributed by atoms with van der Waals surface area (Å²) in [7, 11) is 0. The molecule has 4 heteroatoms. The van der Waals surface area contributed by atoms with Crippen molar-refractivity contribution in [2.24, 2.45) is 0 Å². The van der Waals surface area contributed by atoms with E-state index in [-0.39, 0.29) is 53.5 Å². The zero-order chi connectivity index (χ0) is 6.41. The van der Waals surface area contributed by atoms with E-state index in [0.29, 0.717) is 5.78 Å². The van der Waals surface area contributed by atoms with Crippen LogP contribution in [0.1, 0.15) is 26.2 Å². The van der Waals surface area contributed by atoms with Crippen LogP contribution in [0.15, 0.2) is 0 Å². The first-order valence-electron chi connectivity index (χ1n) is 2.82. The first-order chi connectivity index (χ1) is 3.77. The largest absolute Gasteiger partial charge is 1.00 e. The Morgan fingerprint density at radius 3 is 2.20 bits per heavy atom. The SMILES string of the molecule is CC(=O)CCCCI.[I-].[Na+]. The maximum absolute atomic E-state index is 10.3. The molecule has 0 atom stereocenters. The van der Waals surface area contributed by atoms with Gasteiger partial charge in [0.05, 0.1) is 0 Å². The van der Waals surface area contributed by atoms with Gasteiger partial charge in [-0.2, -0.15) is 0 Å². The zero-order valence-electron chi connectivity index (χ0n) is 6.49. The third-order valence-electron chi connectivity index (χ3n) is 0.912. The second kappa shape index (κ2) is 13.7. The number of Topliss-reactive ketones (excluding diaryl/α,β-unsaturated/α-hetero) is 1. The first kappa shape index (κ1) is 18.0. The number of hydrogen-bond donors (Lipinski definition) is 0. The number of unbranched alkanes of at least 4 members (excludes halogenated alkanes) is 1. The van der Waals surface area contributed by atoms with Crippen LogP contribution in [0.5, 0.6) is 0 Å². The van der Waals surface area contributed by atoms with Crippen LogP contribution in [-0.4, -0.2) is 10.2 Å². The number of ketones is 1. The molecule has 10 heavy (non-hydrogen) atoms. The summed E-state index contributed by atoms with van der Waals surface area (Å²) in [5, 5.41) is 0. The molecule has 0 aromatic rings. The normalized spacial score (nSPS) is 7.40. The predicted molar refractivity (Wildman–Crippen MR) is 43.4 cm³/mol. The molecule has 0 heterocycles. The van der Waals surface area contributed by atoms with Crippen molar-refractivity contribution in [1.29, 1.82) is 0 Å². The van der Waals surface area contributed by atoms with Crippen molar-refractivity contribution < 1.29 is 58.3 Å². The van der Waals surface area contributed by atoms with E-state index in [2.05, 4.69) is 22.6 Å². The number of carbonyl (C=O) groups is 1. The summed E-state index contributed by atoms with van der Waals surface area (Å²) in [5.74, 6) is 0.315. The van der Waals surface area contributed by atoms with Gasteiger partial charge in [-0.25, -0.2) is 0 Å². The van der Waals surface area contributed by atoms with Gasteiger partial charge in [0.25, 0.3) is 0 Å². The molecule has 0 fully saturated rings. The molecular formula is C6H11I2NaO. The Hall–Kier alpha value is 2.13. The molecule has 0 aromatic carbocycles. The average molecular weight is 376 g/mol. The van der Waals surface area contributed by atoms with Gasteiger partial charge in [-0.05, 0) is 24.2 Å². The molecular weight excluding hydrogens is 365 g/mol. The molecule has 0 radical (unpaired) electrons. The van der Waals surface area contributed by atoms with Gasteiger partial charge in [-0.1, -0.05) is 22.6 Å². The fourth-order valence-electron chi connectivity index (χ4n) is 0.468. The van der Waals surface area contributed by atoms with Gasteiger partial charge < -0.3 is 28.8 Å². The minimum atomic E-state index is 0. The molecule has 0 unspecified atom stereocenters. The minimum absolute atomic E-state index is 0. The van der Waals surface area contributed by atoms with Gasteiger partial charge >= 0.3 is 29.6 Å². The Bertz CT molecular complexity index is 78.1. The first-order valence-corrected chi connectivity index (χ1v) is 4.35. The van der Waals surface area contributed by atoms with Crippen LogP contribution in [0.4, 0.5) is 0 Å². The van der Waals surface area contributed by atoms with Crippen molar-refractivity contribution >= 4 is 28.4 Å². The summed E-state index contributed by atoms with van der Waals surface area (Å²) in [6.45, 7) is 1.65. The van der Waals surface area contributed by atoms with Gasteiger partial charge in [-0.15, -0.1) is 0 Å². The summed E-state index contributed by atoms with van der Waals surface area (Å²) in [6, 6.07) is 0. The molecule has 0 saturated heterocycles. The summed E-state index contributed by atoms with van der Waals surface area (Å²) in [5.41, 5.74) is 0. The fourth-order valence-corrected chi connectivity index (χ4v) is 1.01. The van der Waals surface area contributed by atoms with Crippen molar-refractivity contribution in [2.45, 2.75) is 26.2 Å². The van der Waals surface area contributed by atoms with E-state index < -0.39 is 0 Å². The van der Waals surface area contributed by atoms with Gasteiger partial charge in [0, 0.05) is 6.42 Å². The van der Waals surface area contributed by atoms with Crippen LogP contribution in [0, 0.1) is 0 Å². The molecule has 1 nitrogen and oxygen atoms in total. The van der Waals surface area contributed by atoms with Gasteiger partial charge in [0.2, 0.25) is 0 Å². The molecule has 0 aromatic heterocycles. The van der Waals surface area contributed by atoms with Crippen molar-refractivity contribution in [3.05, 3.63) is 0 Å². The van der Waals surface area contributed by atoms with E-state index in [1.54, 1.807) is 6.92 Å². The quantitative estimate of drug-likeness (QED) is 0.213. The minimum Gasteiger partial charge on any atom is -1.00 e. The predicted octanol–water partition coefficient (Wildman–Crippen LogP) is -3.81. The molecule has 0 saturated carbocycles. The number of rotatable bonds is 4. The number of hydrogen-bond acceptors (Lipinski definition) is 1. The summed E-state index contributed by atoms with van der Waals surface area (Å²) < 4.78 is 1.17. The van der Waals surface area contributed by atoms with E-state index in [4.69, 9.17) is 0 Å². The van der Waals surface area contributed by atoms with E-state index in [0.717, 1.165) is 12.8 Å². The Morgan fingerprint density at radius 2 is 1.90 bits per heavy atom. The molecule has 0 bridgehead atoms. The van der Waals surface area contributed by atoms with E-state index in [9.17, 15) is 4.79 Å². The van der Waals surface area contributed by atoms with Crippen molar-refractivity contribution in [1.82, 2.24) is 0 Å². The summed E-state index contributed by atoms with van der Waals surface area (Å²) in [4.78, 5) is 10.3. The summed E-state index contributed by atoms with van der Waals surface area (Å²) >= 11 is 2.32. The Balaban J connectivity index is -0.000000245. The Kier molecular flexibility index (Phi) is 24.7. The number of halogens is 2. The van der Waals surface area contributed by atoms with Gasteiger partial charge in [0.1, 0.15) is 5.78 Å². The third kappa shape index (κ3) is 16.6. The second-order valence-electron chi connectivity index (χ2n) is 1.85. The number of carbonyl (C=O) groups excluding carboxylic acids is 1. The van der Waals surface area contributed by atoms with E-state index >= 15 is 0 Å². The van der Waals surface area contributed by atoms with E-state index in [1.165, 1.54) is 10.8 Å². The molecule has 0 aliphatic rings. The fraction of sp³-hybridized carbons (Fsp3) is 0.833. The van der Waals surface area contributed by atoms with Crippen molar-refractivity contribution in [3.63, 3.8) is 0 Å². The van der Waals surface area contributed by atoms with Crippen LogP contribution in [0.3, 0.4) is 0 Å². The Morgan fingerprint density at radius 1 is 1.40 bits per heavy atom. The zero-order valence-corrected chi connectivity index (χ0v) is 12.8. The molecule has 0 amide bonds. The van der Waals surface area contributed by atoms with Crippen LogP contribution in [0.2, 0.25) is 0 Å². The van der Waals surface area contributed by atoms with Crippen LogP contribution < -0.4 is 53.5 Å². The maximum Gasteiger partial charge on any atom is 1.00 e. The van der Waals surface area contributed by atoms with Crippen LogP contribution in [-0.2, 0) is 4.79 Å². The second-order valence-corrected chi connectivity index (χ2v) is 2.93. The molecule has 56 valence electrons. The topological polar surface area (TPSA) is 17.1 Å². The standard InChI is InChI=1S/C6H11IO.HI.Na/c1-6(8)4-2-3-5-7;;/h2-5H2,1H3;1H;/q;;+1/p-1. The summed E-state index contributed by atoms with van der Waals surface area (Å²) in [6.07, 6.45) is 3.02. The Labute approximate surface area is 116 Å². The molecule has 0 N–H and O–H groups in total. The smallest absolute Gasteiger partial charge is 1.00 e. The molecule has 0 aliphatic heterocycles. The average Bonchev–Trinajstić information content (AvgIpc) is 1.66. The maximum atomic E-state index is 10.3. The third-order valence-corrected chi connectivity index (χ3v) is 1.68. The van der Waals surface area contributed by atoms with Crippen molar-refractivity contribution in [3.8, 4) is 0 Å². The number of alkyl halides is 1. The van der Waals surface area contributed by atoms with Crippen LogP contribution in [0.25, 0.3) is 0 Å². The molecule has 0 aliphatic carbocycles. The van der Waals surface area contributed by atoms with Crippen LogP contribution >= 0.6 is 22.6 Å². The van der Waals surface area contributed by atoms with Gasteiger partial charge in [0.15, 0.2) is 0 Å². The van der Waals surface area contributed by atoms with Crippen molar-refractivity contribution in [2.75, 3.05) is 4.43 Å². The molecule has 0 spiro atoms. The van der Waals surface area contributed by atoms with Gasteiger partial charge in [-0.3, -0.25) is 0 Å². The molecule has 0 rings (SSSR count). The monoisotopic (exact) mass is 376 g/mol. The van der Waals surface area contributed by atoms with E-state index in [1.807, 2.05) is 0 Å².